The molecule has 2 rings (SSSR count). The molecule has 1 heterocycles. The van der Waals surface area contributed by atoms with Crippen LogP contribution in [0.15, 0.2) is 42.6 Å². The van der Waals surface area contributed by atoms with E-state index in [1.54, 1.807) is 36.5 Å². The number of aromatic nitrogens is 1. The van der Waals surface area contributed by atoms with Gasteiger partial charge < -0.3 is 5.32 Å². The van der Waals surface area contributed by atoms with Crippen LogP contribution in [-0.4, -0.2) is 10.9 Å². The molecule has 0 saturated carbocycles. The van der Waals surface area contributed by atoms with Crippen molar-refractivity contribution in [3.8, 4) is 0 Å². The van der Waals surface area contributed by atoms with Gasteiger partial charge in [0, 0.05) is 22.3 Å². The van der Waals surface area contributed by atoms with Gasteiger partial charge in [-0.3, -0.25) is 4.79 Å². The van der Waals surface area contributed by atoms with Gasteiger partial charge in [0.1, 0.15) is 5.82 Å². The number of carbonyl (C=O) groups excluding carboxylic acids is 1. The van der Waals surface area contributed by atoms with Gasteiger partial charge >= 0.3 is 0 Å². The van der Waals surface area contributed by atoms with Gasteiger partial charge in [0.05, 0.1) is 0 Å². The van der Waals surface area contributed by atoms with E-state index in [0.29, 0.717) is 15.9 Å². The summed E-state index contributed by atoms with van der Waals surface area (Å²) in [4.78, 5) is 15.8. The molecule has 0 spiro atoms. The van der Waals surface area contributed by atoms with E-state index in [2.05, 4.69) is 10.3 Å². The molecule has 102 valence electrons. The summed E-state index contributed by atoms with van der Waals surface area (Å²) in [6.45, 7) is 1.93. The summed E-state index contributed by atoms with van der Waals surface area (Å²) in [6.07, 6.45) is 4.67. The number of carbonyl (C=O) groups is 1. The highest BCUT2D eigenvalue weighted by atomic mass is 35.5. The van der Waals surface area contributed by atoms with Crippen molar-refractivity contribution in [1.29, 1.82) is 0 Å². The highest BCUT2D eigenvalue weighted by molar-refractivity contribution is 6.35. The zero-order chi connectivity index (χ0) is 14.5. The summed E-state index contributed by atoms with van der Waals surface area (Å²) >= 11 is 11.8. The van der Waals surface area contributed by atoms with Gasteiger partial charge in [-0.15, -0.1) is 0 Å². The number of halogens is 2. The fraction of sp³-hybridized carbons (Fsp3) is 0.0667. The highest BCUT2D eigenvalue weighted by Crippen LogP contribution is 2.21. The van der Waals surface area contributed by atoms with E-state index in [4.69, 9.17) is 23.2 Å². The Morgan fingerprint density at radius 1 is 1.25 bits per heavy atom. The number of nitrogens with zero attached hydrogens (tertiary/aromatic N) is 1. The summed E-state index contributed by atoms with van der Waals surface area (Å²) in [5.41, 5.74) is 1.75. The minimum Gasteiger partial charge on any atom is -0.307 e. The zero-order valence-electron chi connectivity index (χ0n) is 10.7. The molecule has 0 aliphatic heterocycles. The van der Waals surface area contributed by atoms with Crippen molar-refractivity contribution >= 4 is 41.0 Å². The van der Waals surface area contributed by atoms with Gasteiger partial charge in [0.2, 0.25) is 5.91 Å². The van der Waals surface area contributed by atoms with E-state index in [1.807, 2.05) is 13.0 Å². The summed E-state index contributed by atoms with van der Waals surface area (Å²) in [6, 6.07) is 8.75. The van der Waals surface area contributed by atoms with Gasteiger partial charge in [0.25, 0.3) is 0 Å². The number of amides is 1. The van der Waals surface area contributed by atoms with Crippen molar-refractivity contribution < 1.29 is 4.79 Å². The monoisotopic (exact) mass is 306 g/mol. The van der Waals surface area contributed by atoms with Crippen LogP contribution >= 0.6 is 23.2 Å². The average molecular weight is 307 g/mol. The Labute approximate surface area is 127 Å². The van der Waals surface area contributed by atoms with E-state index in [9.17, 15) is 4.79 Å². The van der Waals surface area contributed by atoms with Crippen LogP contribution in [0.5, 0.6) is 0 Å². The van der Waals surface area contributed by atoms with Gasteiger partial charge in [0.15, 0.2) is 0 Å². The highest BCUT2D eigenvalue weighted by Gasteiger charge is 2.01. The second-order valence-electron chi connectivity index (χ2n) is 4.21. The maximum atomic E-state index is 11.8. The number of hydrogen-bond donors (Lipinski definition) is 1. The first-order valence-electron chi connectivity index (χ1n) is 5.91. The van der Waals surface area contributed by atoms with Crippen LogP contribution in [0.3, 0.4) is 0 Å². The lowest BCUT2D eigenvalue weighted by atomic mass is 10.2. The lowest BCUT2D eigenvalue weighted by molar-refractivity contribution is -0.111. The molecule has 0 aliphatic rings. The smallest absolute Gasteiger partial charge is 0.249 e. The number of nitrogens with one attached hydrogen (secondary N) is 1. The molecule has 0 atom stereocenters. The Morgan fingerprint density at radius 2 is 2.05 bits per heavy atom. The largest absolute Gasteiger partial charge is 0.307 e. The molecule has 1 aromatic heterocycles. The first-order chi connectivity index (χ1) is 9.54. The number of anilines is 1. The Morgan fingerprint density at radius 3 is 2.75 bits per heavy atom. The van der Waals surface area contributed by atoms with Crippen LogP contribution in [0.2, 0.25) is 10.0 Å². The third-order valence-electron chi connectivity index (χ3n) is 2.54. The first-order valence-corrected chi connectivity index (χ1v) is 6.67. The topological polar surface area (TPSA) is 42.0 Å². The molecule has 0 bridgehead atoms. The summed E-state index contributed by atoms with van der Waals surface area (Å²) in [5, 5.41) is 3.73. The lowest BCUT2D eigenvalue weighted by Gasteiger charge is -2.02. The van der Waals surface area contributed by atoms with E-state index in [1.165, 1.54) is 6.08 Å². The lowest BCUT2D eigenvalue weighted by Crippen LogP contribution is -2.09. The van der Waals surface area contributed by atoms with Crippen molar-refractivity contribution in [2.24, 2.45) is 0 Å². The maximum absolute atomic E-state index is 11.8. The number of pyridine rings is 1. The quantitative estimate of drug-likeness (QED) is 0.857. The van der Waals surface area contributed by atoms with Crippen molar-refractivity contribution in [3.05, 3.63) is 63.8 Å². The Hall–Kier alpha value is -1.84. The van der Waals surface area contributed by atoms with Gasteiger partial charge in [-0.25, -0.2) is 4.98 Å². The Kier molecular flexibility index (Phi) is 4.77. The fourth-order valence-electron chi connectivity index (χ4n) is 1.57. The van der Waals surface area contributed by atoms with E-state index in [-0.39, 0.29) is 5.91 Å². The van der Waals surface area contributed by atoms with Crippen LogP contribution < -0.4 is 5.32 Å². The van der Waals surface area contributed by atoms with E-state index in [0.717, 1.165) is 11.1 Å². The minimum absolute atomic E-state index is 0.269. The number of hydrogen-bond acceptors (Lipinski definition) is 2. The molecule has 0 aliphatic carbocycles. The van der Waals surface area contributed by atoms with Crippen LogP contribution in [0.4, 0.5) is 5.82 Å². The van der Waals surface area contributed by atoms with E-state index >= 15 is 0 Å². The van der Waals surface area contributed by atoms with Crippen LogP contribution in [0.1, 0.15) is 11.1 Å². The van der Waals surface area contributed by atoms with Crippen molar-refractivity contribution in [1.82, 2.24) is 4.98 Å². The normalized spacial score (nSPS) is 10.8. The van der Waals surface area contributed by atoms with Crippen molar-refractivity contribution in [2.75, 3.05) is 5.32 Å². The molecular formula is C15H12Cl2N2O. The SMILES string of the molecule is Cc1ccnc(NC(=O)/C=C/c2ccc(Cl)cc2Cl)c1. The summed E-state index contributed by atoms with van der Waals surface area (Å²) < 4.78 is 0. The molecule has 0 saturated heterocycles. The molecule has 0 unspecified atom stereocenters. The Bertz CT molecular complexity index is 669. The molecule has 20 heavy (non-hydrogen) atoms. The van der Waals surface area contributed by atoms with Crippen molar-refractivity contribution in [2.45, 2.75) is 6.92 Å². The minimum atomic E-state index is -0.269. The first kappa shape index (κ1) is 14.6. The van der Waals surface area contributed by atoms with E-state index < -0.39 is 0 Å². The van der Waals surface area contributed by atoms with Crippen molar-refractivity contribution in [3.63, 3.8) is 0 Å². The molecule has 1 aromatic carbocycles. The summed E-state index contributed by atoms with van der Waals surface area (Å²) in [5.74, 6) is 0.246. The Balaban J connectivity index is 2.06. The second-order valence-corrected chi connectivity index (χ2v) is 5.05. The predicted octanol–water partition coefficient (Wildman–Crippen LogP) is 4.35. The van der Waals surface area contributed by atoms with Gasteiger partial charge in [-0.2, -0.15) is 0 Å². The molecule has 0 radical (unpaired) electrons. The fourth-order valence-corrected chi connectivity index (χ4v) is 2.05. The average Bonchev–Trinajstić information content (AvgIpc) is 2.37. The number of benzene rings is 1. The summed E-state index contributed by atoms with van der Waals surface area (Å²) in [7, 11) is 0. The molecule has 5 heteroatoms. The third kappa shape index (κ3) is 4.08. The molecule has 2 aromatic rings. The van der Waals surface area contributed by atoms with Gasteiger partial charge in [-0.05, 0) is 48.4 Å². The number of aryl methyl sites for hydroxylation is 1. The van der Waals surface area contributed by atoms with Crippen LogP contribution in [-0.2, 0) is 4.79 Å². The second kappa shape index (κ2) is 6.55. The molecular weight excluding hydrogens is 295 g/mol. The molecule has 3 nitrogen and oxygen atoms in total. The number of rotatable bonds is 3. The molecule has 1 N–H and O–H groups in total. The standard InChI is InChI=1S/C15H12Cl2N2O/c1-10-6-7-18-14(8-10)19-15(20)5-3-11-2-4-12(16)9-13(11)17/h2-9H,1H3,(H,18,19,20)/b5-3+. The molecule has 0 fully saturated rings. The zero-order valence-corrected chi connectivity index (χ0v) is 12.2. The predicted molar refractivity (Wildman–Crippen MR) is 83.1 cm³/mol. The van der Waals surface area contributed by atoms with Gasteiger partial charge in [-0.1, -0.05) is 29.3 Å². The molecule has 1 amide bonds. The maximum Gasteiger partial charge on any atom is 0.249 e. The van der Waals surface area contributed by atoms with Crippen LogP contribution in [0, 0.1) is 6.92 Å². The third-order valence-corrected chi connectivity index (χ3v) is 3.11. The van der Waals surface area contributed by atoms with Crippen LogP contribution in [0.25, 0.3) is 6.08 Å².